The van der Waals surface area contributed by atoms with Gasteiger partial charge in [0.05, 0.1) is 12.7 Å². The lowest BCUT2D eigenvalue weighted by molar-refractivity contribution is 0.0697. The summed E-state index contributed by atoms with van der Waals surface area (Å²) in [5.74, 6) is -0.0906. The lowest BCUT2D eigenvalue weighted by Gasteiger charge is -1.98. The van der Waals surface area contributed by atoms with Gasteiger partial charge in [-0.2, -0.15) is 0 Å². The molecule has 0 aliphatic carbocycles. The highest BCUT2D eigenvalue weighted by Crippen LogP contribution is 2.12. The molecule has 0 atom stereocenters. The van der Waals surface area contributed by atoms with Crippen molar-refractivity contribution < 1.29 is 14.6 Å². The number of aromatic carboxylic acids is 1. The van der Waals surface area contributed by atoms with Crippen LogP contribution in [-0.2, 0) is 0 Å². The molecule has 1 N–H and O–H groups in total. The van der Waals surface area contributed by atoms with Crippen molar-refractivity contribution in [1.29, 1.82) is 0 Å². The molecule has 0 unspecified atom stereocenters. The Morgan fingerprint density at radius 3 is 2.29 bits per heavy atom. The molecule has 3 nitrogen and oxygen atoms in total. The van der Waals surface area contributed by atoms with Gasteiger partial charge in [0.1, 0.15) is 5.75 Å². The maximum absolute atomic E-state index is 10.9. The second kappa shape index (κ2) is 7.10. The normalized spacial score (nSPS) is 11.1. The van der Waals surface area contributed by atoms with E-state index < -0.39 is 5.97 Å². The van der Waals surface area contributed by atoms with Gasteiger partial charge < -0.3 is 9.84 Å². The van der Waals surface area contributed by atoms with Crippen molar-refractivity contribution >= 4 is 18.1 Å². The zero-order chi connectivity index (χ0) is 15.1. The minimum atomic E-state index is -0.918. The fourth-order valence-electron chi connectivity index (χ4n) is 1.82. The third-order valence-corrected chi connectivity index (χ3v) is 2.94. The molecule has 2 aromatic rings. The molecule has 0 aliphatic heterocycles. The average molecular weight is 280 g/mol. The molecular formula is C18H16O3. The molecular weight excluding hydrogens is 264 g/mol. The maximum Gasteiger partial charge on any atom is 0.335 e. The Morgan fingerprint density at radius 1 is 1.00 bits per heavy atom. The standard InChI is InChI=1S/C18H16O3/c1-21-17-11-9-14(10-12-17)5-2-3-6-15-7-4-8-16(13-15)18(19)20/h2-13H,1H3,(H,19,20)/b5-2+,6-3+. The lowest BCUT2D eigenvalue weighted by Crippen LogP contribution is -1.95. The number of carboxylic acids is 1. The lowest BCUT2D eigenvalue weighted by atomic mass is 10.1. The Kier molecular flexibility index (Phi) is 4.94. The number of allylic oxidation sites excluding steroid dienone is 2. The number of hydrogen-bond acceptors (Lipinski definition) is 2. The van der Waals surface area contributed by atoms with Crippen LogP contribution >= 0.6 is 0 Å². The Balaban J connectivity index is 2.02. The van der Waals surface area contributed by atoms with Gasteiger partial charge >= 0.3 is 5.97 Å². The first kappa shape index (κ1) is 14.6. The fraction of sp³-hybridized carbons (Fsp3) is 0.0556. The second-order valence-corrected chi connectivity index (χ2v) is 4.42. The van der Waals surface area contributed by atoms with Gasteiger partial charge in [0.2, 0.25) is 0 Å². The van der Waals surface area contributed by atoms with E-state index in [1.807, 2.05) is 54.6 Å². The van der Waals surface area contributed by atoms with Gasteiger partial charge in [-0.1, -0.05) is 48.6 Å². The van der Waals surface area contributed by atoms with Crippen LogP contribution in [0.5, 0.6) is 5.75 Å². The Labute approximate surface area is 123 Å². The van der Waals surface area contributed by atoms with E-state index >= 15 is 0 Å². The van der Waals surface area contributed by atoms with E-state index in [1.54, 1.807) is 25.3 Å². The van der Waals surface area contributed by atoms with Crippen LogP contribution in [-0.4, -0.2) is 18.2 Å². The van der Waals surface area contributed by atoms with Crippen LogP contribution in [0.2, 0.25) is 0 Å². The van der Waals surface area contributed by atoms with Crippen LogP contribution in [0.15, 0.2) is 60.7 Å². The highest BCUT2D eigenvalue weighted by Gasteiger charge is 2.00. The summed E-state index contributed by atoms with van der Waals surface area (Å²) in [5, 5.41) is 8.92. The molecule has 0 spiro atoms. The number of hydrogen-bond donors (Lipinski definition) is 1. The van der Waals surface area contributed by atoms with Crippen molar-refractivity contribution in [1.82, 2.24) is 0 Å². The molecule has 0 fully saturated rings. The summed E-state index contributed by atoms with van der Waals surface area (Å²) in [6, 6.07) is 14.6. The minimum absolute atomic E-state index is 0.288. The van der Waals surface area contributed by atoms with Gasteiger partial charge in [-0.15, -0.1) is 0 Å². The summed E-state index contributed by atoms with van der Waals surface area (Å²) in [7, 11) is 1.64. The number of benzene rings is 2. The zero-order valence-corrected chi connectivity index (χ0v) is 11.7. The molecule has 0 heterocycles. The van der Waals surface area contributed by atoms with E-state index in [-0.39, 0.29) is 5.56 Å². The van der Waals surface area contributed by atoms with Crippen molar-refractivity contribution in [3.63, 3.8) is 0 Å². The van der Waals surface area contributed by atoms with Crippen LogP contribution < -0.4 is 4.74 Å². The van der Waals surface area contributed by atoms with Gasteiger partial charge in [-0.3, -0.25) is 0 Å². The summed E-state index contributed by atoms with van der Waals surface area (Å²) in [4.78, 5) is 10.9. The van der Waals surface area contributed by atoms with E-state index in [0.29, 0.717) is 0 Å². The summed E-state index contributed by atoms with van der Waals surface area (Å²) in [6.45, 7) is 0. The van der Waals surface area contributed by atoms with Crippen LogP contribution in [0.1, 0.15) is 21.5 Å². The third-order valence-electron chi connectivity index (χ3n) is 2.94. The predicted molar refractivity (Wildman–Crippen MR) is 84.5 cm³/mol. The quantitative estimate of drug-likeness (QED) is 0.838. The minimum Gasteiger partial charge on any atom is -0.497 e. The van der Waals surface area contributed by atoms with Crippen molar-refractivity contribution in [3.05, 3.63) is 77.4 Å². The molecule has 0 aliphatic rings. The first-order valence-electron chi connectivity index (χ1n) is 6.51. The van der Waals surface area contributed by atoms with Gasteiger partial charge in [0, 0.05) is 0 Å². The highest BCUT2D eigenvalue weighted by atomic mass is 16.5. The van der Waals surface area contributed by atoms with E-state index in [4.69, 9.17) is 9.84 Å². The smallest absolute Gasteiger partial charge is 0.335 e. The van der Waals surface area contributed by atoms with E-state index in [9.17, 15) is 4.79 Å². The molecule has 3 heteroatoms. The predicted octanol–water partition coefficient (Wildman–Crippen LogP) is 4.12. The Bertz CT molecular complexity index is 667. The van der Waals surface area contributed by atoms with Crippen LogP contribution in [0.3, 0.4) is 0 Å². The summed E-state index contributed by atoms with van der Waals surface area (Å²) in [5.41, 5.74) is 2.21. The number of rotatable bonds is 5. The summed E-state index contributed by atoms with van der Waals surface area (Å²) >= 11 is 0. The maximum atomic E-state index is 10.9. The first-order chi connectivity index (χ1) is 10.2. The SMILES string of the molecule is COc1ccc(/C=C/C=C/c2cccc(C(=O)O)c2)cc1. The molecule has 0 aromatic heterocycles. The molecule has 0 saturated carbocycles. The van der Waals surface area contributed by atoms with Crippen molar-refractivity contribution in [2.24, 2.45) is 0 Å². The summed E-state index contributed by atoms with van der Waals surface area (Å²) in [6.07, 6.45) is 7.63. The summed E-state index contributed by atoms with van der Waals surface area (Å²) < 4.78 is 5.10. The molecule has 0 radical (unpaired) electrons. The first-order valence-corrected chi connectivity index (χ1v) is 6.51. The van der Waals surface area contributed by atoms with Crippen LogP contribution in [0.25, 0.3) is 12.2 Å². The second-order valence-electron chi connectivity index (χ2n) is 4.42. The topological polar surface area (TPSA) is 46.5 Å². The average Bonchev–Trinajstić information content (AvgIpc) is 2.52. The fourth-order valence-corrected chi connectivity index (χ4v) is 1.82. The molecule has 0 saturated heterocycles. The third kappa shape index (κ3) is 4.35. The molecule has 21 heavy (non-hydrogen) atoms. The molecule has 0 amide bonds. The number of carbonyl (C=O) groups is 1. The zero-order valence-electron chi connectivity index (χ0n) is 11.7. The van der Waals surface area contributed by atoms with E-state index in [0.717, 1.165) is 16.9 Å². The van der Waals surface area contributed by atoms with Crippen molar-refractivity contribution in [2.45, 2.75) is 0 Å². The Morgan fingerprint density at radius 2 is 1.67 bits per heavy atom. The van der Waals surface area contributed by atoms with E-state index in [1.165, 1.54) is 0 Å². The van der Waals surface area contributed by atoms with Crippen LogP contribution in [0.4, 0.5) is 0 Å². The molecule has 2 rings (SSSR count). The number of carboxylic acid groups (broad SMARTS) is 1. The van der Waals surface area contributed by atoms with Crippen LogP contribution in [0, 0.1) is 0 Å². The molecule has 2 aromatic carbocycles. The molecule has 0 bridgehead atoms. The van der Waals surface area contributed by atoms with Crippen molar-refractivity contribution in [3.8, 4) is 5.75 Å². The van der Waals surface area contributed by atoms with E-state index in [2.05, 4.69) is 0 Å². The van der Waals surface area contributed by atoms with Crippen molar-refractivity contribution in [2.75, 3.05) is 7.11 Å². The monoisotopic (exact) mass is 280 g/mol. The molecule has 106 valence electrons. The number of methoxy groups -OCH3 is 1. The largest absolute Gasteiger partial charge is 0.497 e. The van der Waals surface area contributed by atoms with Gasteiger partial charge in [0.25, 0.3) is 0 Å². The van der Waals surface area contributed by atoms with Gasteiger partial charge in [0.15, 0.2) is 0 Å². The number of ether oxygens (including phenoxy) is 1. The van der Waals surface area contributed by atoms with Gasteiger partial charge in [-0.25, -0.2) is 4.79 Å². The Hall–Kier alpha value is -2.81. The van der Waals surface area contributed by atoms with Gasteiger partial charge in [-0.05, 0) is 35.4 Å². The highest BCUT2D eigenvalue weighted by molar-refractivity contribution is 5.88.